The molecular weight excluding hydrogens is 296 g/mol. The molecule has 1 aliphatic rings. The largest absolute Gasteiger partial charge is 0.378 e. The quantitative estimate of drug-likeness (QED) is 0.793. The molecule has 0 saturated carbocycles. The predicted molar refractivity (Wildman–Crippen MR) is 80.7 cm³/mol. The van der Waals surface area contributed by atoms with Gasteiger partial charge in [0.1, 0.15) is 4.21 Å². The first kappa shape index (κ1) is 15.9. The molecule has 20 heavy (non-hydrogen) atoms. The number of sulfonamides is 1. The molecule has 0 bridgehead atoms. The van der Waals surface area contributed by atoms with E-state index >= 15 is 0 Å². The van der Waals surface area contributed by atoms with E-state index in [1.54, 1.807) is 6.07 Å². The lowest BCUT2D eigenvalue weighted by atomic mass is 10.0. The van der Waals surface area contributed by atoms with Crippen molar-refractivity contribution < 1.29 is 13.2 Å². The minimum Gasteiger partial charge on any atom is -0.378 e. The first-order chi connectivity index (χ1) is 9.53. The van der Waals surface area contributed by atoms with Crippen LogP contribution in [-0.2, 0) is 21.2 Å². The Morgan fingerprint density at radius 1 is 1.45 bits per heavy atom. The van der Waals surface area contributed by atoms with Crippen molar-refractivity contribution in [1.29, 1.82) is 0 Å². The van der Waals surface area contributed by atoms with Crippen LogP contribution in [0.15, 0.2) is 16.3 Å². The van der Waals surface area contributed by atoms with Gasteiger partial charge in [-0.05, 0) is 45.5 Å². The predicted octanol–water partition coefficient (Wildman–Crippen LogP) is 1.21. The van der Waals surface area contributed by atoms with E-state index in [1.807, 2.05) is 20.0 Å². The van der Waals surface area contributed by atoms with E-state index in [4.69, 9.17) is 4.74 Å². The lowest BCUT2D eigenvalue weighted by Gasteiger charge is -2.14. The summed E-state index contributed by atoms with van der Waals surface area (Å²) >= 11 is 1.34. The Labute approximate surface area is 124 Å². The molecule has 0 spiro atoms. The van der Waals surface area contributed by atoms with Gasteiger partial charge in [0.2, 0.25) is 10.0 Å². The number of nitrogens with one attached hydrogen (secondary N) is 2. The SMILES string of the molecule is CNCCc1ccc(S(=O)(=O)NCC2CCOC2C)s1. The molecule has 2 rings (SSSR count). The summed E-state index contributed by atoms with van der Waals surface area (Å²) in [5, 5.41) is 3.06. The van der Waals surface area contributed by atoms with Crippen molar-refractivity contribution in [1.82, 2.24) is 10.0 Å². The highest BCUT2D eigenvalue weighted by molar-refractivity contribution is 7.91. The van der Waals surface area contributed by atoms with Gasteiger partial charge in [-0.3, -0.25) is 0 Å². The second-order valence-corrected chi connectivity index (χ2v) is 8.21. The number of hydrogen-bond acceptors (Lipinski definition) is 5. The first-order valence-electron chi connectivity index (χ1n) is 6.87. The van der Waals surface area contributed by atoms with Crippen molar-refractivity contribution in [3.05, 3.63) is 17.0 Å². The molecule has 114 valence electrons. The zero-order valence-corrected chi connectivity index (χ0v) is 13.5. The third-order valence-electron chi connectivity index (χ3n) is 3.59. The van der Waals surface area contributed by atoms with Gasteiger partial charge in [0.25, 0.3) is 0 Å². The summed E-state index contributed by atoms with van der Waals surface area (Å²) in [5.41, 5.74) is 0. The molecule has 2 N–H and O–H groups in total. The zero-order chi connectivity index (χ0) is 14.6. The molecule has 0 radical (unpaired) electrons. The fraction of sp³-hybridized carbons (Fsp3) is 0.692. The van der Waals surface area contributed by atoms with Crippen molar-refractivity contribution >= 4 is 21.4 Å². The fourth-order valence-corrected chi connectivity index (χ4v) is 4.71. The zero-order valence-electron chi connectivity index (χ0n) is 11.9. The Morgan fingerprint density at radius 3 is 2.90 bits per heavy atom. The van der Waals surface area contributed by atoms with Crippen molar-refractivity contribution in [2.45, 2.75) is 30.1 Å². The van der Waals surface area contributed by atoms with Crippen molar-refractivity contribution in [3.8, 4) is 0 Å². The normalized spacial score (nSPS) is 23.3. The maximum absolute atomic E-state index is 12.2. The second kappa shape index (κ2) is 7.00. The van der Waals surface area contributed by atoms with Gasteiger partial charge in [0, 0.05) is 23.9 Å². The van der Waals surface area contributed by atoms with Gasteiger partial charge < -0.3 is 10.1 Å². The highest BCUT2D eigenvalue weighted by Gasteiger charge is 2.26. The van der Waals surface area contributed by atoms with Crippen LogP contribution in [0.25, 0.3) is 0 Å². The minimum atomic E-state index is -3.38. The average Bonchev–Trinajstić information content (AvgIpc) is 3.03. The van der Waals surface area contributed by atoms with Crippen LogP contribution in [0.2, 0.25) is 0 Å². The van der Waals surface area contributed by atoms with E-state index in [-0.39, 0.29) is 12.0 Å². The molecule has 2 atom stereocenters. The van der Waals surface area contributed by atoms with Crippen LogP contribution in [0.5, 0.6) is 0 Å². The van der Waals surface area contributed by atoms with Gasteiger partial charge in [-0.15, -0.1) is 11.3 Å². The molecule has 7 heteroatoms. The minimum absolute atomic E-state index is 0.132. The molecule has 0 aliphatic carbocycles. The summed E-state index contributed by atoms with van der Waals surface area (Å²) in [6, 6.07) is 3.57. The van der Waals surface area contributed by atoms with Gasteiger partial charge in [-0.1, -0.05) is 0 Å². The molecule has 1 fully saturated rings. The van der Waals surface area contributed by atoms with Crippen LogP contribution in [-0.4, -0.2) is 41.3 Å². The number of ether oxygens (including phenoxy) is 1. The van der Waals surface area contributed by atoms with Crippen LogP contribution in [0.3, 0.4) is 0 Å². The molecular formula is C13H22N2O3S2. The fourth-order valence-electron chi connectivity index (χ4n) is 2.22. The maximum Gasteiger partial charge on any atom is 0.250 e. The van der Waals surface area contributed by atoms with E-state index in [0.29, 0.717) is 10.8 Å². The first-order valence-corrected chi connectivity index (χ1v) is 9.17. The van der Waals surface area contributed by atoms with E-state index in [9.17, 15) is 8.42 Å². The maximum atomic E-state index is 12.2. The van der Waals surface area contributed by atoms with E-state index in [1.165, 1.54) is 11.3 Å². The number of rotatable bonds is 7. The van der Waals surface area contributed by atoms with E-state index < -0.39 is 10.0 Å². The molecule has 5 nitrogen and oxygen atoms in total. The Morgan fingerprint density at radius 2 is 2.25 bits per heavy atom. The topological polar surface area (TPSA) is 67.4 Å². The van der Waals surface area contributed by atoms with Crippen molar-refractivity contribution in [2.75, 3.05) is 26.7 Å². The van der Waals surface area contributed by atoms with Crippen LogP contribution >= 0.6 is 11.3 Å². The lowest BCUT2D eigenvalue weighted by Crippen LogP contribution is -2.31. The molecule has 1 aliphatic heterocycles. The highest BCUT2D eigenvalue weighted by atomic mass is 32.2. The van der Waals surface area contributed by atoms with Crippen molar-refractivity contribution in [3.63, 3.8) is 0 Å². The summed E-state index contributed by atoms with van der Waals surface area (Å²) in [7, 11) is -1.50. The van der Waals surface area contributed by atoms with E-state index in [2.05, 4.69) is 10.0 Å². The number of likely N-dealkylation sites (N-methyl/N-ethyl adjacent to an activating group) is 1. The van der Waals surface area contributed by atoms with Crippen LogP contribution < -0.4 is 10.0 Å². The highest BCUT2D eigenvalue weighted by Crippen LogP contribution is 2.23. The van der Waals surface area contributed by atoms with Crippen LogP contribution in [0, 0.1) is 5.92 Å². The smallest absolute Gasteiger partial charge is 0.250 e. The summed E-state index contributed by atoms with van der Waals surface area (Å²) in [6.07, 6.45) is 1.90. The summed E-state index contributed by atoms with van der Waals surface area (Å²) in [4.78, 5) is 1.08. The van der Waals surface area contributed by atoms with E-state index in [0.717, 1.165) is 30.9 Å². The Bertz CT molecular complexity index is 527. The Kier molecular flexibility index (Phi) is 5.57. The van der Waals surface area contributed by atoms with Crippen LogP contribution in [0.4, 0.5) is 0 Å². The standard InChI is InChI=1S/C13H22N2O3S2/c1-10-11(6-8-18-10)9-15-20(16,17)13-4-3-12(19-13)5-7-14-2/h3-4,10-11,14-15H,5-9H2,1-2H3. The lowest BCUT2D eigenvalue weighted by molar-refractivity contribution is 0.107. The average molecular weight is 318 g/mol. The molecule has 0 amide bonds. The summed E-state index contributed by atoms with van der Waals surface area (Å²) in [6.45, 7) is 4.02. The van der Waals surface area contributed by atoms with Gasteiger partial charge in [0.15, 0.2) is 0 Å². The molecule has 1 saturated heterocycles. The van der Waals surface area contributed by atoms with Crippen LogP contribution in [0.1, 0.15) is 18.2 Å². The summed E-state index contributed by atoms with van der Waals surface area (Å²) in [5.74, 6) is 0.272. The third kappa shape index (κ3) is 4.02. The monoisotopic (exact) mass is 318 g/mol. The number of hydrogen-bond donors (Lipinski definition) is 2. The Hall–Kier alpha value is -0.470. The second-order valence-electron chi connectivity index (χ2n) is 5.05. The summed E-state index contributed by atoms with van der Waals surface area (Å²) < 4.78 is 33.0. The molecule has 0 aromatic carbocycles. The van der Waals surface area contributed by atoms with Gasteiger partial charge in [0.05, 0.1) is 6.10 Å². The molecule has 2 heterocycles. The number of thiophene rings is 1. The third-order valence-corrected chi connectivity index (χ3v) is 6.65. The molecule has 1 aromatic rings. The van der Waals surface area contributed by atoms with Crippen molar-refractivity contribution in [2.24, 2.45) is 5.92 Å². The van der Waals surface area contributed by atoms with Gasteiger partial charge >= 0.3 is 0 Å². The molecule has 2 unspecified atom stereocenters. The van der Waals surface area contributed by atoms with Gasteiger partial charge in [-0.25, -0.2) is 13.1 Å². The van der Waals surface area contributed by atoms with Gasteiger partial charge in [-0.2, -0.15) is 0 Å². The molecule has 1 aromatic heterocycles. The Balaban J connectivity index is 1.93.